The third-order valence-corrected chi connectivity index (χ3v) is 5.25. The van der Waals surface area contributed by atoms with Crippen LogP contribution in [0.3, 0.4) is 0 Å². The summed E-state index contributed by atoms with van der Waals surface area (Å²) in [6.07, 6.45) is 1.31. The zero-order chi connectivity index (χ0) is 19.3. The molecule has 0 aliphatic heterocycles. The van der Waals surface area contributed by atoms with Crippen molar-refractivity contribution in [2.75, 3.05) is 10.6 Å². The molecule has 26 heavy (non-hydrogen) atoms. The molecule has 0 aliphatic carbocycles. The molecule has 1 amide bonds. The highest BCUT2D eigenvalue weighted by molar-refractivity contribution is 7.92. The van der Waals surface area contributed by atoms with Crippen LogP contribution in [-0.2, 0) is 14.8 Å². The van der Waals surface area contributed by atoms with Crippen molar-refractivity contribution in [1.29, 1.82) is 0 Å². The van der Waals surface area contributed by atoms with Crippen LogP contribution in [0.5, 0.6) is 0 Å². The number of hydrogen-bond donors (Lipinski definition) is 1. The second-order valence-corrected chi connectivity index (χ2v) is 7.96. The number of nitrogens with zero attached hydrogens (tertiary/aromatic N) is 1. The van der Waals surface area contributed by atoms with E-state index in [1.54, 1.807) is 6.92 Å². The lowest BCUT2D eigenvalue weighted by molar-refractivity contribution is -0.122. The number of carbonyl (C=O) groups excluding carboxylic acids is 1. The second kappa shape index (κ2) is 8.31. The van der Waals surface area contributed by atoms with E-state index in [-0.39, 0.29) is 18.2 Å². The van der Waals surface area contributed by atoms with Crippen molar-refractivity contribution in [2.45, 2.75) is 32.4 Å². The van der Waals surface area contributed by atoms with Gasteiger partial charge in [-0.15, -0.1) is 0 Å². The molecule has 1 N–H and O–H groups in total. The van der Waals surface area contributed by atoms with Gasteiger partial charge in [0.05, 0.1) is 18.0 Å². The first-order chi connectivity index (χ1) is 12.2. The lowest BCUT2D eigenvalue weighted by atomic mass is 10.1. The van der Waals surface area contributed by atoms with E-state index in [4.69, 9.17) is 0 Å². The topological polar surface area (TPSA) is 66.5 Å². The Morgan fingerprint density at radius 1 is 1.12 bits per heavy atom. The van der Waals surface area contributed by atoms with Crippen LogP contribution in [0.2, 0.25) is 0 Å². The van der Waals surface area contributed by atoms with Crippen LogP contribution in [0.1, 0.15) is 31.9 Å². The van der Waals surface area contributed by atoms with Gasteiger partial charge in [0.1, 0.15) is 11.9 Å². The first kappa shape index (κ1) is 19.9. The molecule has 7 heteroatoms. The van der Waals surface area contributed by atoms with Crippen molar-refractivity contribution in [2.24, 2.45) is 0 Å². The smallest absolute Gasteiger partial charge is 0.244 e. The van der Waals surface area contributed by atoms with Gasteiger partial charge in [-0.2, -0.15) is 0 Å². The molecule has 0 saturated heterocycles. The average Bonchev–Trinajstić information content (AvgIpc) is 2.60. The van der Waals surface area contributed by atoms with Crippen molar-refractivity contribution in [3.05, 3.63) is 66.0 Å². The Morgan fingerprint density at radius 2 is 1.69 bits per heavy atom. The predicted octanol–water partition coefficient (Wildman–Crippen LogP) is 3.25. The SMILES string of the molecule is CC[C@H](C(=O)N[C@@H](C)c1ccccc1)N(c1ccc(F)cc1)S(C)(=O)=O. The van der Waals surface area contributed by atoms with Crippen molar-refractivity contribution < 1.29 is 17.6 Å². The quantitative estimate of drug-likeness (QED) is 0.804. The van der Waals surface area contributed by atoms with Crippen LogP contribution >= 0.6 is 0 Å². The van der Waals surface area contributed by atoms with E-state index in [9.17, 15) is 17.6 Å². The number of anilines is 1. The fourth-order valence-corrected chi connectivity index (χ4v) is 3.99. The van der Waals surface area contributed by atoms with Crippen LogP contribution in [0, 0.1) is 5.82 Å². The Hall–Kier alpha value is -2.41. The summed E-state index contributed by atoms with van der Waals surface area (Å²) in [4.78, 5) is 12.8. The van der Waals surface area contributed by atoms with E-state index in [0.29, 0.717) is 0 Å². The molecule has 0 spiro atoms. The number of carbonyl (C=O) groups is 1. The molecule has 2 aromatic carbocycles. The minimum Gasteiger partial charge on any atom is -0.348 e. The Balaban J connectivity index is 2.29. The maximum atomic E-state index is 13.2. The number of sulfonamides is 1. The molecule has 0 unspecified atom stereocenters. The average molecular weight is 378 g/mol. The standard InChI is InChI=1S/C19H23FN2O3S/c1-4-18(19(23)21-14(2)15-8-6-5-7-9-15)22(26(3,24)25)17-12-10-16(20)11-13-17/h5-14,18H,4H2,1-3H3,(H,21,23)/t14-,18+/m0/s1. The molecule has 2 rings (SSSR count). The Labute approximate surface area is 153 Å². The summed E-state index contributed by atoms with van der Waals surface area (Å²) < 4.78 is 38.9. The molecule has 0 aromatic heterocycles. The highest BCUT2D eigenvalue weighted by atomic mass is 32.2. The van der Waals surface area contributed by atoms with E-state index in [2.05, 4.69) is 5.32 Å². The summed E-state index contributed by atoms with van der Waals surface area (Å²) in [6.45, 7) is 3.57. The van der Waals surface area contributed by atoms with Crippen molar-refractivity contribution in [1.82, 2.24) is 5.32 Å². The van der Waals surface area contributed by atoms with Crippen LogP contribution < -0.4 is 9.62 Å². The van der Waals surface area contributed by atoms with Crippen molar-refractivity contribution in [3.63, 3.8) is 0 Å². The largest absolute Gasteiger partial charge is 0.348 e. The first-order valence-electron chi connectivity index (χ1n) is 8.34. The van der Waals surface area contributed by atoms with Gasteiger partial charge in [-0.05, 0) is 43.2 Å². The minimum atomic E-state index is -3.74. The number of halogens is 1. The summed E-state index contributed by atoms with van der Waals surface area (Å²) in [6, 6.07) is 13.3. The number of hydrogen-bond acceptors (Lipinski definition) is 3. The third kappa shape index (κ3) is 4.82. The first-order valence-corrected chi connectivity index (χ1v) is 10.2. The maximum Gasteiger partial charge on any atom is 0.244 e. The lowest BCUT2D eigenvalue weighted by Crippen LogP contribution is -2.49. The Morgan fingerprint density at radius 3 is 2.19 bits per heavy atom. The molecule has 0 saturated carbocycles. The van der Waals surface area contributed by atoms with E-state index < -0.39 is 27.8 Å². The maximum absolute atomic E-state index is 13.2. The van der Waals surface area contributed by atoms with Gasteiger partial charge in [0, 0.05) is 0 Å². The van der Waals surface area contributed by atoms with Gasteiger partial charge in [-0.1, -0.05) is 37.3 Å². The van der Waals surface area contributed by atoms with E-state index in [1.807, 2.05) is 37.3 Å². The third-order valence-electron chi connectivity index (χ3n) is 4.07. The minimum absolute atomic E-state index is 0.253. The molecule has 0 heterocycles. The van der Waals surface area contributed by atoms with E-state index in [0.717, 1.165) is 16.1 Å². The van der Waals surface area contributed by atoms with Crippen molar-refractivity contribution in [3.8, 4) is 0 Å². The van der Waals surface area contributed by atoms with Gasteiger partial charge in [-0.3, -0.25) is 9.10 Å². The zero-order valence-electron chi connectivity index (χ0n) is 15.0. The molecule has 0 radical (unpaired) electrons. The molecule has 0 bridgehead atoms. The lowest BCUT2D eigenvalue weighted by Gasteiger charge is -2.31. The number of nitrogens with one attached hydrogen (secondary N) is 1. The van der Waals surface area contributed by atoms with E-state index >= 15 is 0 Å². The highest BCUT2D eigenvalue weighted by Gasteiger charge is 2.32. The normalized spacial score (nSPS) is 13.7. The summed E-state index contributed by atoms with van der Waals surface area (Å²) >= 11 is 0. The highest BCUT2D eigenvalue weighted by Crippen LogP contribution is 2.23. The fourth-order valence-electron chi connectivity index (χ4n) is 2.78. The number of amides is 1. The second-order valence-electron chi connectivity index (χ2n) is 6.10. The number of rotatable bonds is 7. The monoisotopic (exact) mass is 378 g/mol. The summed E-state index contributed by atoms with van der Waals surface area (Å²) in [7, 11) is -3.74. The Kier molecular flexibility index (Phi) is 6.37. The van der Waals surface area contributed by atoms with Crippen LogP contribution in [-0.4, -0.2) is 26.6 Å². The molecule has 5 nitrogen and oxygen atoms in total. The molecule has 2 aromatic rings. The van der Waals surface area contributed by atoms with Gasteiger partial charge in [0.15, 0.2) is 0 Å². The van der Waals surface area contributed by atoms with Gasteiger partial charge < -0.3 is 5.32 Å². The van der Waals surface area contributed by atoms with Gasteiger partial charge >= 0.3 is 0 Å². The van der Waals surface area contributed by atoms with Gasteiger partial charge in [-0.25, -0.2) is 12.8 Å². The summed E-state index contributed by atoms with van der Waals surface area (Å²) in [5.74, 6) is -0.879. The molecular weight excluding hydrogens is 355 g/mol. The molecule has 140 valence electrons. The molecule has 0 aliphatic rings. The molecule has 2 atom stereocenters. The molecule has 0 fully saturated rings. The van der Waals surface area contributed by atoms with Crippen LogP contribution in [0.4, 0.5) is 10.1 Å². The predicted molar refractivity (Wildman–Crippen MR) is 101 cm³/mol. The summed E-state index contributed by atoms with van der Waals surface area (Å²) in [5, 5.41) is 2.86. The van der Waals surface area contributed by atoms with E-state index in [1.165, 1.54) is 24.3 Å². The zero-order valence-corrected chi connectivity index (χ0v) is 15.8. The van der Waals surface area contributed by atoms with Gasteiger partial charge in [0.2, 0.25) is 15.9 Å². The summed E-state index contributed by atoms with van der Waals surface area (Å²) in [5.41, 5.74) is 1.17. The van der Waals surface area contributed by atoms with Crippen LogP contribution in [0.25, 0.3) is 0 Å². The molecular formula is C19H23FN2O3S. The van der Waals surface area contributed by atoms with Gasteiger partial charge in [0.25, 0.3) is 0 Å². The fraction of sp³-hybridized carbons (Fsp3) is 0.316. The Bertz CT molecular complexity index is 839. The van der Waals surface area contributed by atoms with Crippen LogP contribution in [0.15, 0.2) is 54.6 Å². The van der Waals surface area contributed by atoms with Crippen molar-refractivity contribution >= 4 is 21.6 Å². The number of benzene rings is 2.